The number of H-pyrrole nitrogens is 1. The summed E-state index contributed by atoms with van der Waals surface area (Å²) in [6, 6.07) is 11.8. The maximum absolute atomic E-state index is 12.4. The van der Waals surface area contributed by atoms with Gasteiger partial charge in [-0.05, 0) is 74.2 Å². The molecule has 1 amide bonds. The van der Waals surface area contributed by atoms with Gasteiger partial charge >= 0.3 is 0 Å². The molecule has 2 N–H and O–H groups in total. The number of carbonyl (C=O) groups is 1. The zero-order valence-electron chi connectivity index (χ0n) is 17.5. The van der Waals surface area contributed by atoms with Crippen molar-refractivity contribution in [2.24, 2.45) is 5.92 Å². The Balaban J connectivity index is 1.40. The number of aromatic amines is 1. The molecular formula is C24H27N3O2S. The van der Waals surface area contributed by atoms with Gasteiger partial charge in [0.05, 0.1) is 11.0 Å². The first-order valence-electron chi connectivity index (χ1n) is 10.5. The molecule has 0 spiro atoms. The monoisotopic (exact) mass is 421 g/mol. The molecule has 4 rings (SSSR count). The smallest absolute Gasteiger partial charge is 0.271 e. The van der Waals surface area contributed by atoms with E-state index in [0.29, 0.717) is 11.4 Å². The summed E-state index contributed by atoms with van der Waals surface area (Å²) in [6.07, 6.45) is 5.52. The molecular weight excluding hydrogens is 394 g/mol. The van der Waals surface area contributed by atoms with Crippen molar-refractivity contribution in [3.05, 3.63) is 63.6 Å². The lowest BCUT2D eigenvalue weighted by Gasteiger charge is -2.20. The van der Waals surface area contributed by atoms with E-state index in [2.05, 4.69) is 15.3 Å². The maximum atomic E-state index is 12.4. The second-order valence-corrected chi connectivity index (χ2v) is 9.15. The number of anilines is 1. The van der Waals surface area contributed by atoms with Crippen molar-refractivity contribution in [3.63, 3.8) is 0 Å². The van der Waals surface area contributed by atoms with Gasteiger partial charge in [-0.2, -0.15) is 0 Å². The average Bonchev–Trinajstić information content (AvgIpc) is 2.75. The molecule has 3 aromatic rings. The molecule has 1 heterocycles. The Morgan fingerprint density at radius 1 is 1.10 bits per heavy atom. The summed E-state index contributed by atoms with van der Waals surface area (Å²) in [7, 11) is 0. The van der Waals surface area contributed by atoms with Crippen LogP contribution in [0.15, 0.2) is 46.1 Å². The predicted molar refractivity (Wildman–Crippen MR) is 123 cm³/mol. The van der Waals surface area contributed by atoms with Crippen molar-refractivity contribution in [3.8, 4) is 0 Å². The fraction of sp³-hybridized carbons (Fsp3) is 0.375. The lowest BCUT2D eigenvalue weighted by Crippen LogP contribution is -2.24. The molecule has 1 aromatic heterocycles. The number of hydrogen-bond donors (Lipinski definition) is 2. The van der Waals surface area contributed by atoms with Crippen LogP contribution < -0.4 is 10.9 Å². The number of amides is 1. The molecule has 5 nitrogen and oxygen atoms in total. The van der Waals surface area contributed by atoms with Crippen molar-refractivity contribution < 1.29 is 4.79 Å². The second kappa shape index (κ2) is 9.04. The summed E-state index contributed by atoms with van der Waals surface area (Å²) >= 11 is 1.56. The third-order valence-electron chi connectivity index (χ3n) is 5.85. The number of aryl methyl sites for hydroxylation is 2. The Labute approximate surface area is 180 Å². The highest BCUT2D eigenvalue weighted by Gasteiger charge is 2.20. The standard InChI is InChI=1S/C24H27N3O2S/c1-15-12-20-21(13-16(15)2)27-24(29)22(26-20)14-30-19-10-8-18(9-11-19)25-23(28)17-6-4-3-5-7-17/h8-13,17H,3-7,14H2,1-2H3,(H,25,28)(H,27,29). The number of fused-ring (bicyclic) bond motifs is 1. The summed E-state index contributed by atoms with van der Waals surface area (Å²) < 4.78 is 0. The van der Waals surface area contributed by atoms with Crippen LogP contribution in [0.3, 0.4) is 0 Å². The number of nitrogens with zero attached hydrogens (tertiary/aromatic N) is 1. The number of benzene rings is 2. The van der Waals surface area contributed by atoms with Crippen LogP contribution in [0.25, 0.3) is 11.0 Å². The van der Waals surface area contributed by atoms with Crippen LogP contribution in [-0.4, -0.2) is 15.9 Å². The van der Waals surface area contributed by atoms with Crippen LogP contribution in [0.2, 0.25) is 0 Å². The van der Waals surface area contributed by atoms with Gasteiger partial charge in [-0.1, -0.05) is 19.3 Å². The molecule has 0 unspecified atom stereocenters. The van der Waals surface area contributed by atoms with E-state index in [1.165, 1.54) is 6.42 Å². The minimum absolute atomic E-state index is 0.132. The summed E-state index contributed by atoms with van der Waals surface area (Å²) in [5.41, 5.74) is 5.08. The zero-order chi connectivity index (χ0) is 21.1. The van der Waals surface area contributed by atoms with Crippen molar-refractivity contribution in [1.29, 1.82) is 0 Å². The number of carbonyl (C=O) groups excluding carboxylic acids is 1. The van der Waals surface area contributed by atoms with Gasteiger partial charge < -0.3 is 10.3 Å². The quantitative estimate of drug-likeness (QED) is 0.545. The first-order valence-corrected chi connectivity index (χ1v) is 11.5. The first-order chi connectivity index (χ1) is 14.5. The van der Waals surface area contributed by atoms with Crippen LogP contribution in [0.5, 0.6) is 0 Å². The number of thioether (sulfide) groups is 1. The van der Waals surface area contributed by atoms with E-state index >= 15 is 0 Å². The average molecular weight is 422 g/mol. The van der Waals surface area contributed by atoms with Gasteiger partial charge in [0, 0.05) is 22.3 Å². The Morgan fingerprint density at radius 3 is 2.53 bits per heavy atom. The Hall–Kier alpha value is -2.60. The molecule has 1 aliphatic rings. The van der Waals surface area contributed by atoms with Crippen molar-refractivity contribution >= 4 is 34.4 Å². The highest BCUT2D eigenvalue weighted by atomic mass is 32.2. The molecule has 30 heavy (non-hydrogen) atoms. The third-order valence-corrected chi connectivity index (χ3v) is 6.87. The van der Waals surface area contributed by atoms with Crippen molar-refractivity contribution in [2.75, 3.05) is 5.32 Å². The van der Waals surface area contributed by atoms with Gasteiger partial charge in [0.2, 0.25) is 5.91 Å². The minimum atomic E-state index is -0.144. The fourth-order valence-corrected chi connectivity index (χ4v) is 4.70. The molecule has 0 bridgehead atoms. The Bertz CT molecular complexity index is 1120. The summed E-state index contributed by atoms with van der Waals surface area (Å²) in [6.45, 7) is 4.07. The second-order valence-electron chi connectivity index (χ2n) is 8.10. The molecule has 6 heteroatoms. The fourth-order valence-electron chi connectivity index (χ4n) is 3.88. The third kappa shape index (κ3) is 4.75. The Kier molecular flexibility index (Phi) is 6.23. The first kappa shape index (κ1) is 20.7. The molecule has 1 saturated carbocycles. The van der Waals surface area contributed by atoms with Crippen molar-refractivity contribution in [2.45, 2.75) is 56.6 Å². The van der Waals surface area contributed by atoms with Gasteiger partial charge in [-0.15, -0.1) is 11.8 Å². The molecule has 156 valence electrons. The van der Waals surface area contributed by atoms with E-state index < -0.39 is 0 Å². The van der Waals surface area contributed by atoms with E-state index in [-0.39, 0.29) is 17.4 Å². The van der Waals surface area contributed by atoms with Gasteiger partial charge in [-0.25, -0.2) is 4.98 Å². The van der Waals surface area contributed by atoms with Gasteiger partial charge in [0.25, 0.3) is 5.56 Å². The molecule has 0 atom stereocenters. The normalized spacial score (nSPS) is 14.7. The lowest BCUT2D eigenvalue weighted by molar-refractivity contribution is -0.120. The molecule has 1 fully saturated rings. The van der Waals surface area contributed by atoms with E-state index in [0.717, 1.165) is 58.4 Å². The van der Waals surface area contributed by atoms with Crippen LogP contribution >= 0.6 is 11.8 Å². The zero-order valence-corrected chi connectivity index (χ0v) is 18.3. The molecule has 0 saturated heterocycles. The van der Waals surface area contributed by atoms with Crippen LogP contribution in [-0.2, 0) is 10.5 Å². The highest BCUT2D eigenvalue weighted by Crippen LogP contribution is 2.27. The van der Waals surface area contributed by atoms with Crippen LogP contribution in [0.1, 0.15) is 48.9 Å². The Morgan fingerprint density at radius 2 is 1.80 bits per heavy atom. The minimum Gasteiger partial charge on any atom is -0.326 e. The molecule has 1 aliphatic carbocycles. The van der Waals surface area contributed by atoms with Crippen LogP contribution in [0.4, 0.5) is 5.69 Å². The predicted octanol–water partition coefficient (Wildman–Crippen LogP) is 5.35. The summed E-state index contributed by atoms with van der Waals surface area (Å²) in [4.78, 5) is 33.3. The van der Waals surface area contributed by atoms with E-state index in [1.807, 2.05) is 50.2 Å². The molecule has 0 aliphatic heterocycles. The summed E-state index contributed by atoms with van der Waals surface area (Å²) in [5.74, 6) is 0.768. The molecule has 0 radical (unpaired) electrons. The van der Waals surface area contributed by atoms with E-state index in [9.17, 15) is 9.59 Å². The molecule has 2 aromatic carbocycles. The van der Waals surface area contributed by atoms with E-state index in [4.69, 9.17) is 0 Å². The number of nitrogens with one attached hydrogen (secondary N) is 2. The SMILES string of the molecule is Cc1cc2nc(CSc3ccc(NC(=O)C4CCCCC4)cc3)c(=O)[nH]c2cc1C. The largest absolute Gasteiger partial charge is 0.326 e. The number of hydrogen-bond acceptors (Lipinski definition) is 4. The van der Waals surface area contributed by atoms with Gasteiger partial charge in [0.1, 0.15) is 5.69 Å². The van der Waals surface area contributed by atoms with Crippen LogP contribution in [0, 0.1) is 19.8 Å². The maximum Gasteiger partial charge on any atom is 0.271 e. The number of aromatic nitrogens is 2. The number of rotatable bonds is 5. The topological polar surface area (TPSA) is 74.8 Å². The van der Waals surface area contributed by atoms with Crippen molar-refractivity contribution in [1.82, 2.24) is 9.97 Å². The summed E-state index contributed by atoms with van der Waals surface area (Å²) in [5, 5.41) is 3.04. The van der Waals surface area contributed by atoms with Gasteiger partial charge in [-0.3, -0.25) is 9.59 Å². The lowest BCUT2D eigenvalue weighted by atomic mass is 9.88. The highest BCUT2D eigenvalue weighted by molar-refractivity contribution is 7.98. The van der Waals surface area contributed by atoms with Gasteiger partial charge in [0.15, 0.2) is 0 Å². The van der Waals surface area contributed by atoms with E-state index in [1.54, 1.807) is 11.8 Å².